The van der Waals surface area contributed by atoms with Gasteiger partial charge in [-0.15, -0.1) is 0 Å². The molecule has 0 aliphatic heterocycles. The van der Waals surface area contributed by atoms with E-state index in [9.17, 15) is 0 Å². The molecule has 1 unspecified atom stereocenters. The van der Waals surface area contributed by atoms with E-state index in [1.165, 1.54) is 0 Å². The standard InChI is InChI=1S/C9H21NO/c1-6-9(4,11-5)7-10-8(2)3/h8,10H,6-7H2,1-5H3. The van der Waals surface area contributed by atoms with Crippen molar-refractivity contribution < 1.29 is 4.74 Å². The van der Waals surface area contributed by atoms with E-state index in [2.05, 4.69) is 33.0 Å². The van der Waals surface area contributed by atoms with Crippen molar-refractivity contribution in [2.75, 3.05) is 13.7 Å². The minimum atomic E-state index is 0.00424. The van der Waals surface area contributed by atoms with Gasteiger partial charge in [0.25, 0.3) is 0 Å². The molecule has 2 nitrogen and oxygen atoms in total. The molecule has 0 radical (unpaired) electrons. The van der Waals surface area contributed by atoms with Crippen LogP contribution < -0.4 is 5.32 Å². The Balaban J connectivity index is 3.69. The fourth-order valence-corrected chi connectivity index (χ4v) is 0.762. The number of hydrogen-bond acceptors (Lipinski definition) is 2. The van der Waals surface area contributed by atoms with Crippen LogP contribution in [0.1, 0.15) is 34.1 Å². The van der Waals surface area contributed by atoms with Crippen molar-refractivity contribution in [2.45, 2.75) is 45.8 Å². The number of hydrogen-bond donors (Lipinski definition) is 1. The summed E-state index contributed by atoms with van der Waals surface area (Å²) in [6.45, 7) is 9.49. The highest BCUT2D eigenvalue weighted by molar-refractivity contribution is 4.76. The minimum absolute atomic E-state index is 0.00424. The molecule has 1 N–H and O–H groups in total. The highest BCUT2D eigenvalue weighted by atomic mass is 16.5. The summed E-state index contributed by atoms with van der Waals surface area (Å²) in [5.74, 6) is 0. The molecule has 0 aromatic rings. The Morgan fingerprint density at radius 3 is 2.27 bits per heavy atom. The van der Waals surface area contributed by atoms with Crippen molar-refractivity contribution >= 4 is 0 Å². The van der Waals surface area contributed by atoms with Gasteiger partial charge in [-0.05, 0) is 13.3 Å². The molecule has 11 heavy (non-hydrogen) atoms. The summed E-state index contributed by atoms with van der Waals surface area (Å²) in [7, 11) is 1.77. The van der Waals surface area contributed by atoms with Gasteiger partial charge in [-0.1, -0.05) is 20.8 Å². The average Bonchev–Trinajstić information content (AvgIpc) is 2.00. The Kier molecular flexibility index (Phi) is 4.69. The Bertz CT molecular complexity index is 97.7. The third-order valence-electron chi connectivity index (χ3n) is 2.12. The van der Waals surface area contributed by atoms with Gasteiger partial charge >= 0.3 is 0 Å². The summed E-state index contributed by atoms with van der Waals surface area (Å²) in [6, 6.07) is 0.538. The zero-order valence-electron chi connectivity index (χ0n) is 8.40. The molecule has 0 rings (SSSR count). The van der Waals surface area contributed by atoms with Crippen LogP contribution in [-0.2, 0) is 4.74 Å². The van der Waals surface area contributed by atoms with Crippen molar-refractivity contribution in [1.82, 2.24) is 5.32 Å². The molecule has 0 saturated carbocycles. The van der Waals surface area contributed by atoms with Gasteiger partial charge in [0.05, 0.1) is 5.60 Å². The molecule has 0 bridgehead atoms. The molecule has 0 aliphatic rings. The van der Waals surface area contributed by atoms with E-state index >= 15 is 0 Å². The number of nitrogens with one attached hydrogen (secondary N) is 1. The molecule has 0 heterocycles. The maximum absolute atomic E-state index is 5.37. The lowest BCUT2D eigenvalue weighted by Crippen LogP contribution is -2.41. The summed E-state index contributed by atoms with van der Waals surface area (Å²) < 4.78 is 5.37. The van der Waals surface area contributed by atoms with Gasteiger partial charge in [0.15, 0.2) is 0 Å². The first kappa shape index (κ1) is 10.9. The molecule has 1 atom stereocenters. The SMILES string of the molecule is CCC(C)(CNC(C)C)OC. The van der Waals surface area contributed by atoms with Crippen LogP contribution in [0.2, 0.25) is 0 Å². The summed E-state index contributed by atoms with van der Waals surface area (Å²) in [5.41, 5.74) is 0.00424. The lowest BCUT2D eigenvalue weighted by Gasteiger charge is -2.27. The third-order valence-corrected chi connectivity index (χ3v) is 2.12. The molecule has 0 aliphatic carbocycles. The number of ether oxygens (including phenoxy) is 1. The van der Waals surface area contributed by atoms with Gasteiger partial charge < -0.3 is 10.1 Å². The minimum Gasteiger partial charge on any atom is -0.377 e. The molecule has 0 spiro atoms. The number of methoxy groups -OCH3 is 1. The maximum Gasteiger partial charge on any atom is 0.0772 e. The highest BCUT2D eigenvalue weighted by Gasteiger charge is 2.20. The molecule has 0 fully saturated rings. The molecule has 2 heteroatoms. The fourth-order valence-electron chi connectivity index (χ4n) is 0.762. The van der Waals surface area contributed by atoms with E-state index in [1.54, 1.807) is 7.11 Å². The molecular formula is C9H21NO. The quantitative estimate of drug-likeness (QED) is 0.660. The van der Waals surface area contributed by atoms with E-state index < -0.39 is 0 Å². The molecule has 0 aromatic heterocycles. The van der Waals surface area contributed by atoms with Crippen LogP contribution in [0.4, 0.5) is 0 Å². The van der Waals surface area contributed by atoms with E-state index in [0.29, 0.717) is 6.04 Å². The topological polar surface area (TPSA) is 21.3 Å². The van der Waals surface area contributed by atoms with Gasteiger partial charge in [0.2, 0.25) is 0 Å². The second kappa shape index (κ2) is 4.73. The summed E-state index contributed by atoms with van der Waals surface area (Å²) in [4.78, 5) is 0. The first-order valence-electron chi connectivity index (χ1n) is 4.32. The van der Waals surface area contributed by atoms with Crippen LogP contribution in [0.15, 0.2) is 0 Å². The molecule has 0 saturated heterocycles. The van der Waals surface area contributed by atoms with Crippen molar-refractivity contribution in [1.29, 1.82) is 0 Å². The van der Waals surface area contributed by atoms with Crippen LogP contribution in [-0.4, -0.2) is 25.3 Å². The Hall–Kier alpha value is -0.0800. The monoisotopic (exact) mass is 159 g/mol. The van der Waals surface area contributed by atoms with Crippen LogP contribution >= 0.6 is 0 Å². The second-order valence-electron chi connectivity index (χ2n) is 3.54. The van der Waals surface area contributed by atoms with E-state index in [4.69, 9.17) is 4.74 Å². The van der Waals surface area contributed by atoms with Gasteiger partial charge in [0, 0.05) is 19.7 Å². The fraction of sp³-hybridized carbons (Fsp3) is 1.00. The van der Waals surface area contributed by atoms with Crippen LogP contribution in [0.3, 0.4) is 0 Å². The summed E-state index contributed by atoms with van der Waals surface area (Å²) in [5, 5.41) is 3.36. The third kappa shape index (κ3) is 4.38. The second-order valence-corrected chi connectivity index (χ2v) is 3.54. The normalized spacial score (nSPS) is 16.9. The van der Waals surface area contributed by atoms with E-state index in [-0.39, 0.29) is 5.60 Å². The number of rotatable bonds is 5. The van der Waals surface area contributed by atoms with Crippen LogP contribution in [0.25, 0.3) is 0 Å². The van der Waals surface area contributed by atoms with Crippen molar-refractivity contribution in [3.63, 3.8) is 0 Å². The van der Waals surface area contributed by atoms with Crippen molar-refractivity contribution in [2.24, 2.45) is 0 Å². The lowest BCUT2D eigenvalue weighted by atomic mass is 10.0. The molecular weight excluding hydrogens is 138 g/mol. The van der Waals surface area contributed by atoms with E-state index in [1.807, 2.05) is 0 Å². The largest absolute Gasteiger partial charge is 0.377 e. The van der Waals surface area contributed by atoms with Crippen molar-refractivity contribution in [3.8, 4) is 0 Å². The first-order chi connectivity index (χ1) is 5.04. The van der Waals surface area contributed by atoms with E-state index in [0.717, 1.165) is 13.0 Å². The molecule has 0 amide bonds. The predicted octanol–water partition coefficient (Wildman–Crippen LogP) is 1.80. The first-order valence-corrected chi connectivity index (χ1v) is 4.32. The molecule has 0 aromatic carbocycles. The van der Waals surface area contributed by atoms with Crippen molar-refractivity contribution in [3.05, 3.63) is 0 Å². The Labute approximate surface area is 70.3 Å². The smallest absolute Gasteiger partial charge is 0.0772 e. The Morgan fingerprint density at radius 1 is 1.45 bits per heavy atom. The predicted molar refractivity (Wildman–Crippen MR) is 48.8 cm³/mol. The zero-order chi connectivity index (χ0) is 8.91. The highest BCUT2D eigenvalue weighted by Crippen LogP contribution is 2.11. The summed E-state index contributed by atoms with van der Waals surface area (Å²) >= 11 is 0. The van der Waals surface area contributed by atoms with Gasteiger partial charge in [-0.2, -0.15) is 0 Å². The average molecular weight is 159 g/mol. The molecule has 68 valence electrons. The van der Waals surface area contributed by atoms with Gasteiger partial charge in [-0.25, -0.2) is 0 Å². The Morgan fingerprint density at radius 2 is 2.00 bits per heavy atom. The van der Waals surface area contributed by atoms with Crippen LogP contribution in [0, 0.1) is 0 Å². The lowest BCUT2D eigenvalue weighted by molar-refractivity contribution is 0.00237. The zero-order valence-corrected chi connectivity index (χ0v) is 8.40. The maximum atomic E-state index is 5.37. The van der Waals surface area contributed by atoms with Gasteiger partial charge in [0.1, 0.15) is 0 Å². The summed E-state index contributed by atoms with van der Waals surface area (Å²) in [6.07, 6.45) is 1.04. The van der Waals surface area contributed by atoms with Gasteiger partial charge in [-0.3, -0.25) is 0 Å². The van der Waals surface area contributed by atoms with Crippen LogP contribution in [0.5, 0.6) is 0 Å².